The molecule has 0 spiro atoms. The van der Waals surface area contributed by atoms with Crippen LogP contribution in [0.1, 0.15) is 127 Å². The van der Waals surface area contributed by atoms with Gasteiger partial charge in [0.2, 0.25) is 5.91 Å². The number of hydrogen-bond acceptors (Lipinski definition) is 4. The predicted molar refractivity (Wildman–Crippen MR) is 163 cm³/mol. The molecule has 0 aliphatic heterocycles. The number of esters is 1. The van der Waals surface area contributed by atoms with Crippen molar-refractivity contribution in [2.24, 2.45) is 51.2 Å². The third kappa shape index (κ3) is 4.32. The summed E-state index contributed by atoms with van der Waals surface area (Å²) >= 11 is 0. The molecule has 5 aliphatic rings. The van der Waals surface area contributed by atoms with Crippen LogP contribution in [0.15, 0.2) is 11.1 Å². The Morgan fingerprint density at radius 3 is 2.12 bits per heavy atom. The van der Waals surface area contributed by atoms with Gasteiger partial charge in [0.05, 0.1) is 5.41 Å². The van der Waals surface area contributed by atoms with E-state index >= 15 is 0 Å². The second kappa shape index (κ2) is 9.68. The highest BCUT2D eigenvalue weighted by molar-refractivity contribution is 6.07. The molecule has 0 N–H and O–H groups in total. The number of hydrogen-bond donors (Lipinski definition) is 0. The number of nitrogens with zero attached hydrogens (tertiary/aromatic N) is 1. The SMILES string of the molecule is CC(=O)O[C@H]1CC[C@@]2(C)C(CC[C@@]3(C)C4CCC5(C(=O)N(C)C(C)(C)C)CC(=O)C(C(C)C)=C5C4CCC32)C1(C)C. The lowest BCUT2D eigenvalue weighted by Crippen LogP contribution is -2.63. The van der Waals surface area contributed by atoms with Gasteiger partial charge in [-0.2, -0.15) is 0 Å². The van der Waals surface area contributed by atoms with Crippen molar-refractivity contribution in [1.29, 1.82) is 0 Å². The number of amides is 1. The first-order valence-corrected chi connectivity index (χ1v) is 16.6. The van der Waals surface area contributed by atoms with E-state index in [1.54, 1.807) is 6.92 Å². The molecule has 5 rings (SSSR count). The molecule has 5 nitrogen and oxygen atoms in total. The largest absolute Gasteiger partial charge is 0.462 e. The maximum atomic E-state index is 14.4. The van der Waals surface area contributed by atoms with E-state index < -0.39 is 5.41 Å². The Morgan fingerprint density at radius 1 is 0.902 bits per heavy atom. The van der Waals surface area contributed by atoms with Crippen LogP contribution in [-0.4, -0.2) is 41.3 Å². The fourth-order valence-corrected chi connectivity index (χ4v) is 11.6. The normalized spacial score (nSPS) is 41.8. The molecule has 4 saturated carbocycles. The molecule has 8 atom stereocenters. The number of Topliss-reactive ketones (excluding diaryl/α,β-unsaturated/α-hetero) is 1. The van der Waals surface area contributed by atoms with E-state index in [1.165, 1.54) is 12.0 Å². The van der Waals surface area contributed by atoms with Gasteiger partial charge in [-0.05, 0) is 124 Å². The maximum Gasteiger partial charge on any atom is 0.302 e. The molecule has 5 heteroatoms. The monoisotopic (exact) mass is 567 g/mol. The van der Waals surface area contributed by atoms with E-state index in [1.807, 2.05) is 11.9 Å². The first-order chi connectivity index (χ1) is 18.8. The first kappa shape index (κ1) is 30.8. The zero-order chi connectivity index (χ0) is 30.5. The van der Waals surface area contributed by atoms with Crippen LogP contribution in [0.5, 0.6) is 0 Å². The molecule has 0 aromatic heterocycles. The molecule has 0 radical (unpaired) electrons. The number of carbonyl (C=O) groups is 3. The lowest BCUT2D eigenvalue weighted by molar-refractivity contribution is -0.212. The third-order valence-corrected chi connectivity index (χ3v) is 13.6. The zero-order valence-electron chi connectivity index (χ0n) is 27.9. The van der Waals surface area contributed by atoms with Gasteiger partial charge in [-0.1, -0.05) is 41.5 Å². The molecule has 0 aromatic rings. The number of ether oxygens (including phenoxy) is 1. The summed E-state index contributed by atoms with van der Waals surface area (Å²) < 4.78 is 5.90. The average Bonchev–Trinajstić information content (AvgIpc) is 3.17. The van der Waals surface area contributed by atoms with Gasteiger partial charge in [-0.25, -0.2) is 0 Å². The fraction of sp³-hybridized carbons (Fsp3) is 0.861. The Bertz CT molecular complexity index is 1160. The quantitative estimate of drug-likeness (QED) is 0.327. The molecule has 0 heterocycles. The van der Waals surface area contributed by atoms with Crippen molar-refractivity contribution >= 4 is 17.7 Å². The van der Waals surface area contributed by atoms with Crippen LogP contribution in [0, 0.1) is 51.2 Å². The molecule has 0 saturated heterocycles. The Morgan fingerprint density at radius 2 is 1.54 bits per heavy atom. The Hall–Kier alpha value is -1.65. The summed E-state index contributed by atoms with van der Waals surface area (Å²) in [7, 11) is 1.94. The van der Waals surface area contributed by atoms with E-state index in [0.717, 1.165) is 50.5 Å². The van der Waals surface area contributed by atoms with Crippen molar-refractivity contribution in [2.75, 3.05) is 7.05 Å². The van der Waals surface area contributed by atoms with Crippen molar-refractivity contribution in [2.45, 2.75) is 139 Å². The van der Waals surface area contributed by atoms with E-state index in [-0.39, 0.29) is 51.5 Å². The van der Waals surface area contributed by atoms with Gasteiger partial charge in [0.25, 0.3) is 0 Å². The predicted octanol–water partition coefficient (Wildman–Crippen LogP) is 7.77. The maximum absolute atomic E-state index is 14.4. The molecule has 1 amide bonds. The molecular weight excluding hydrogens is 510 g/mol. The Kier molecular flexibility index (Phi) is 7.27. The number of rotatable bonds is 3. The van der Waals surface area contributed by atoms with Gasteiger partial charge in [0.15, 0.2) is 5.78 Å². The van der Waals surface area contributed by atoms with Gasteiger partial charge < -0.3 is 9.64 Å². The van der Waals surface area contributed by atoms with Crippen LogP contribution >= 0.6 is 0 Å². The summed E-state index contributed by atoms with van der Waals surface area (Å²) in [6.07, 6.45) is 8.79. The van der Waals surface area contributed by atoms with Crippen molar-refractivity contribution in [3.8, 4) is 0 Å². The van der Waals surface area contributed by atoms with Crippen molar-refractivity contribution in [1.82, 2.24) is 4.90 Å². The van der Waals surface area contributed by atoms with E-state index in [4.69, 9.17) is 4.74 Å². The zero-order valence-corrected chi connectivity index (χ0v) is 27.9. The average molecular weight is 568 g/mol. The minimum absolute atomic E-state index is 0.0110. The topological polar surface area (TPSA) is 63.7 Å². The van der Waals surface area contributed by atoms with Gasteiger partial charge >= 0.3 is 5.97 Å². The Labute approximate surface area is 249 Å². The lowest BCUT2D eigenvalue weighted by Gasteiger charge is -2.68. The number of ketones is 1. The smallest absolute Gasteiger partial charge is 0.302 e. The van der Waals surface area contributed by atoms with Crippen molar-refractivity contribution in [3.05, 3.63) is 11.1 Å². The highest BCUT2D eigenvalue weighted by Gasteiger charge is 2.67. The molecule has 41 heavy (non-hydrogen) atoms. The lowest BCUT2D eigenvalue weighted by atomic mass is 9.36. The molecule has 230 valence electrons. The van der Waals surface area contributed by atoms with Crippen LogP contribution < -0.4 is 0 Å². The van der Waals surface area contributed by atoms with Gasteiger partial charge in [0.1, 0.15) is 6.10 Å². The van der Waals surface area contributed by atoms with Crippen LogP contribution in [-0.2, 0) is 19.1 Å². The van der Waals surface area contributed by atoms with Crippen molar-refractivity contribution in [3.63, 3.8) is 0 Å². The highest BCUT2D eigenvalue weighted by Crippen LogP contribution is 2.73. The summed E-state index contributed by atoms with van der Waals surface area (Å²) in [5, 5.41) is 0. The van der Waals surface area contributed by atoms with Gasteiger partial charge in [-0.3, -0.25) is 14.4 Å². The summed E-state index contributed by atoms with van der Waals surface area (Å²) in [5.74, 6) is 2.31. The minimum atomic E-state index is -0.658. The number of fused-ring (bicyclic) bond motifs is 7. The highest BCUT2D eigenvalue weighted by atomic mass is 16.5. The summed E-state index contributed by atoms with van der Waals surface area (Å²) in [5.41, 5.74) is 1.63. The Balaban J connectivity index is 1.53. The van der Waals surface area contributed by atoms with Gasteiger partial charge in [-0.15, -0.1) is 0 Å². The number of carbonyl (C=O) groups excluding carboxylic acids is 3. The van der Waals surface area contributed by atoms with Crippen LogP contribution in [0.2, 0.25) is 0 Å². The van der Waals surface area contributed by atoms with E-state index in [0.29, 0.717) is 30.1 Å². The van der Waals surface area contributed by atoms with Crippen LogP contribution in [0.25, 0.3) is 0 Å². The van der Waals surface area contributed by atoms with E-state index in [9.17, 15) is 14.4 Å². The second-order valence-corrected chi connectivity index (χ2v) is 17.1. The van der Waals surface area contributed by atoms with E-state index in [2.05, 4.69) is 62.3 Å². The second-order valence-electron chi connectivity index (χ2n) is 17.1. The molecule has 5 aliphatic carbocycles. The van der Waals surface area contributed by atoms with Gasteiger partial charge in [0, 0.05) is 31.3 Å². The molecular formula is C36H57NO4. The van der Waals surface area contributed by atoms with Crippen LogP contribution in [0.3, 0.4) is 0 Å². The molecule has 0 aromatic carbocycles. The minimum Gasteiger partial charge on any atom is -0.462 e. The number of allylic oxidation sites excluding steroid dienone is 1. The fourth-order valence-electron chi connectivity index (χ4n) is 11.6. The molecule has 4 fully saturated rings. The van der Waals surface area contributed by atoms with Crippen LogP contribution in [0.4, 0.5) is 0 Å². The standard InChI is InChI=1S/C36H57NO4/c1-21(2)29-25(39)20-36(31(40)37(11)32(4,5)6)19-14-24-23(30(29)36)12-13-27-34(24,9)17-15-26-33(7,8)28(41-22(3)38)16-18-35(26,27)10/h21,23-24,26-28H,12-20H2,1-11H3/t23?,24?,26?,27?,28-,34-,35-,36?/m0/s1. The summed E-state index contributed by atoms with van der Waals surface area (Å²) in [6.45, 7) is 22.0. The molecule has 5 unspecified atom stereocenters. The van der Waals surface area contributed by atoms with Crippen molar-refractivity contribution < 1.29 is 19.1 Å². The first-order valence-electron chi connectivity index (χ1n) is 16.6. The summed E-state index contributed by atoms with van der Waals surface area (Å²) in [4.78, 5) is 42.1. The summed E-state index contributed by atoms with van der Waals surface area (Å²) in [6, 6.07) is 0. The third-order valence-electron chi connectivity index (χ3n) is 13.6. The molecule has 0 bridgehead atoms.